The topological polar surface area (TPSA) is 21.3 Å². The quantitative estimate of drug-likeness (QED) is 0.779. The van der Waals surface area contributed by atoms with Crippen LogP contribution in [0.3, 0.4) is 0 Å². The van der Waals surface area contributed by atoms with Gasteiger partial charge in [0.25, 0.3) is 0 Å². The number of halogens is 2. The zero-order valence-corrected chi connectivity index (χ0v) is 13.8. The van der Waals surface area contributed by atoms with Crippen molar-refractivity contribution in [1.29, 1.82) is 0 Å². The van der Waals surface area contributed by atoms with Crippen LogP contribution in [0.4, 0.5) is 4.39 Å². The molecule has 0 fully saturated rings. The van der Waals surface area contributed by atoms with Gasteiger partial charge in [-0.3, -0.25) is 0 Å². The van der Waals surface area contributed by atoms with Gasteiger partial charge in [0.05, 0.1) is 4.47 Å². The zero-order chi connectivity index (χ0) is 15.2. The van der Waals surface area contributed by atoms with Crippen molar-refractivity contribution >= 4 is 15.9 Å². The Kier molecular flexibility index (Phi) is 5.76. The fraction of sp³-hybridized carbons (Fsp3) is 0.294. The average Bonchev–Trinajstić information content (AvgIpc) is 2.44. The van der Waals surface area contributed by atoms with E-state index in [-0.39, 0.29) is 5.82 Å². The van der Waals surface area contributed by atoms with E-state index in [0.717, 1.165) is 28.9 Å². The maximum Gasteiger partial charge on any atom is 0.144 e. The molecular formula is C17H19BrFNO. The van der Waals surface area contributed by atoms with Crippen molar-refractivity contribution in [2.45, 2.75) is 20.4 Å². The van der Waals surface area contributed by atoms with Crippen LogP contribution in [0.1, 0.15) is 19.4 Å². The van der Waals surface area contributed by atoms with Crippen LogP contribution in [0.5, 0.6) is 11.5 Å². The maximum absolute atomic E-state index is 13.3. The Labute approximate surface area is 133 Å². The maximum atomic E-state index is 13.3. The van der Waals surface area contributed by atoms with Gasteiger partial charge in [0.1, 0.15) is 17.3 Å². The highest BCUT2D eigenvalue weighted by molar-refractivity contribution is 9.10. The van der Waals surface area contributed by atoms with Gasteiger partial charge >= 0.3 is 0 Å². The van der Waals surface area contributed by atoms with Gasteiger partial charge in [-0.15, -0.1) is 0 Å². The number of hydrogen-bond acceptors (Lipinski definition) is 2. The minimum absolute atomic E-state index is 0.316. The number of hydrogen-bond donors (Lipinski definition) is 1. The molecule has 0 unspecified atom stereocenters. The predicted octanol–water partition coefficient (Wildman–Crippen LogP) is 5.13. The van der Waals surface area contributed by atoms with E-state index in [1.54, 1.807) is 6.07 Å². The lowest BCUT2D eigenvalue weighted by Gasteiger charge is -2.13. The lowest BCUT2D eigenvalue weighted by atomic mass is 10.2. The monoisotopic (exact) mass is 351 g/mol. The lowest BCUT2D eigenvalue weighted by molar-refractivity contribution is 0.461. The molecule has 0 amide bonds. The van der Waals surface area contributed by atoms with Gasteiger partial charge in [-0.2, -0.15) is 0 Å². The van der Waals surface area contributed by atoms with E-state index in [2.05, 4.69) is 35.1 Å². The van der Waals surface area contributed by atoms with E-state index in [9.17, 15) is 4.39 Å². The summed E-state index contributed by atoms with van der Waals surface area (Å²) in [6.07, 6.45) is 0. The fourth-order valence-corrected chi connectivity index (χ4v) is 2.25. The Bertz CT molecular complexity index is 601. The first kappa shape index (κ1) is 16.0. The van der Waals surface area contributed by atoms with Crippen molar-refractivity contribution in [3.63, 3.8) is 0 Å². The summed E-state index contributed by atoms with van der Waals surface area (Å²) in [6, 6.07) is 12.2. The molecule has 2 aromatic rings. The van der Waals surface area contributed by atoms with Gasteiger partial charge in [-0.1, -0.05) is 32.0 Å². The molecule has 112 valence electrons. The van der Waals surface area contributed by atoms with E-state index in [4.69, 9.17) is 4.74 Å². The summed E-state index contributed by atoms with van der Waals surface area (Å²) in [4.78, 5) is 0. The molecule has 0 aliphatic carbocycles. The first-order valence-electron chi connectivity index (χ1n) is 6.98. The summed E-state index contributed by atoms with van der Waals surface area (Å²) >= 11 is 3.38. The normalized spacial score (nSPS) is 10.9. The highest BCUT2D eigenvalue weighted by Gasteiger charge is 2.08. The number of ether oxygens (including phenoxy) is 1. The van der Waals surface area contributed by atoms with E-state index in [1.165, 1.54) is 12.1 Å². The second kappa shape index (κ2) is 7.57. The van der Waals surface area contributed by atoms with Gasteiger partial charge in [-0.25, -0.2) is 4.39 Å². The Morgan fingerprint density at radius 3 is 2.67 bits per heavy atom. The molecule has 0 bridgehead atoms. The van der Waals surface area contributed by atoms with Crippen LogP contribution in [0.2, 0.25) is 0 Å². The highest BCUT2D eigenvalue weighted by Crippen LogP contribution is 2.32. The van der Waals surface area contributed by atoms with Crippen molar-refractivity contribution in [2.24, 2.45) is 5.92 Å². The molecule has 2 nitrogen and oxygen atoms in total. The lowest BCUT2D eigenvalue weighted by Crippen LogP contribution is -2.19. The molecule has 2 aromatic carbocycles. The number of nitrogens with one attached hydrogen (secondary N) is 1. The predicted molar refractivity (Wildman–Crippen MR) is 87.2 cm³/mol. The molecule has 2 rings (SSSR count). The van der Waals surface area contributed by atoms with E-state index in [0.29, 0.717) is 11.7 Å². The van der Waals surface area contributed by atoms with E-state index < -0.39 is 0 Å². The van der Waals surface area contributed by atoms with Crippen molar-refractivity contribution in [1.82, 2.24) is 5.32 Å². The molecule has 21 heavy (non-hydrogen) atoms. The largest absolute Gasteiger partial charge is 0.456 e. The van der Waals surface area contributed by atoms with Gasteiger partial charge in [0, 0.05) is 18.2 Å². The summed E-state index contributed by atoms with van der Waals surface area (Å²) in [6.45, 7) is 6.00. The van der Waals surface area contributed by atoms with E-state index >= 15 is 0 Å². The van der Waals surface area contributed by atoms with Crippen LogP contribution in [0, 0.1) is 11.7 Å². The van der Waals surface area contributed by atoms with Gasteiger partial charge in [0.15, 0.2) is 0 Å². The minimum atomic E-state index is -0.316. The summed E-state index contributed by atoms with van der Waals surface area (Å²) in [5.41, 5.74) is 1.05. The number of benzene rings is 2. The fourth-order valence-electron chi connectivity index (χ4n) is 1.92. The van der Waals surface area contributed by atoms with Crippen molar-refractivity contribution in [2.75, 3.05) is 6.54 Å². The Morgan fingerprint density at radius 2 is 1.90 bits per heavy atom. The summed E-state index contributed by atoms with van der Waals surface area (Å²) in [5.74, 6) is 1.49. The number of para-hydroxylation sites is 1. The van der Waals surface area contributed by atoms with Gasteiger partial charge in [0.2, 0.25) is 0 Å². The number of rotatable bonds is 6. The first-order valence-corrected chi connectivity index (χ1v) is 7.77. The zero-order valence-electron chi connectivity index (χ0n) is 12.2. The first-order chi connectivity index (χ1) is 10.1. The summed E-state index contributed by atoms with van der Waals surface area (Å²) < 4.78 is 19.9. The SMILES string of the molecule is CC(C)CNCc1ccccc1Oc1cc(F)ccc1Br. The Morgan fingerprint density at radius 1 is 1.14 bits per heavy atom. The molecular weight excluding hydrogens is 333 g/mol. The van der Waals surface area contributed by atoms with Crippen LogP contribution >= 0.6 is 15.9 Å². The molecule has 0 aliphatic rings. The molecule has 0 saturated carbocycles. The second-order valence-electron chi connectivity index (χ2n) is 5.31. The molecule has 0 saturated heterocycles. The Hall–Kier alpha value is -1.39. The van der Waals surface area contributed by atoms with Crippen LogP contribution in [0.25, 0.3) is 0 Å². The molecule has 4 heteroatoms. The summed E-state index contributed by atoms with van der Waals surface area (Å²) in [5, 5.41) is 3.39. The molecule has 0 heterocycles. The molecule has 0 radical (unpaired) electrons. The highest BCUT2D eigenvalue weighted by atomic mass is 79.9. The van der Waals surface area contributed by atoms with Crippen LogP contribution in [-0.4, -0.2) is 6.54 Å². The third-order valence-corrected chi connectivity index (χ3v) is 3.61. The average molecular weight is 352 g/mol. The van der Waals surface area contributed by atoms with Crippen LogP contribution in [0.15, 0.2) is 46.9 Å². The molecule has 0 atom stereocenters. The van der Waals surface area contributed by atoms with Crippen molar-refractivity contribution in [3.05, 3.63) is 58.3 Å². The van der Waals surface area contributed by atoms with Gasteiger partial charge < -0.3 is 10.1 Å². The third-order valence-electron chi connectivity index (χ3n) is 2.95. The van der Waals surface area contributed by atoms with Crippen LogP contribution in [-0.2, 0) is 6.54 Å². The van der Waals surface area contributed by atoms with Gasteiger partial charge in [-0.05, 0) is 46.6 Å². The minimum Gasteiger partial charge on any atom is -0.456 e. The molecule has 0 aliphatic heterocycles. The standard InChI is InChI=1S/C17H19BrFNO/c1-12(2)10-20-11-13-5-3-4-6-16(13)21-17-9-14(19)7-8-15(17)18/h3-9,12,20H,10-11H2,1-2H3. The van der Waals surface area contributed by atoms with E-state index in [1.807, 2.05) is 24.3 Å². The van der Waals surface area contributed by atoms with Crippen molar-refractivity contribution < 1.29 is 9.13 Å². The van der Waals surface area contributed by atoms with Crippen LogP contribution < -0.4 is 10.1 Å². The second-order valence-corrected chi connectivity index (χ2v) is 6.16. The smallest absolute Gasteiger partial charge is 0.144 e. The molecule has 1 N–H and O–H groups in total. The molecule has 0 spiro atoms. The summed E-state index contributed by atoms with van der Waals surface area (Å²) in [7, 11) is 0. The third kappa shape index (κ3) is 4.83. The molecule has 0 aromatic heterocycles. The van der Waals surface area contributed by atoms with Crippen molar-refractivity contribution in [3.8, 4) is 11.5 Å². The Balaban J connectivity index is 2.14.